The van der Waals surface area contributed by atoms with Crippen LogP contribution in [0.2, 0.25) is 0 Å². The van der Waals surface area contributed by atoms with E-state index >= 15 is 0 Å². The molecule has 0 amide bonds. The Balaban J connectivity index is 2.70. The Bertz CT molecular complexity index is 538. The lowest BCUT2D eigenvalue weighted by atomic mass is 10.1. The Morgan fingerprint density at radius 2 is 1.93 bits per heavy atom. The van der Waals surface area contributed by atoms with Gasteiger partial charge in [0, 0.05) is 10.9 Å². The van der Waals surface area contributed by atoms with E-state index in [0.717, 1.165) is 17.4 Å². The first kappa shape index (κ1) is 9.97. The number of benzene rings is 1. The Morgan fingerprint density at radius 1 is 1.13 bits per heavy atom. The average molecular weight is 202 g/mol. The fourth-order valence-electron chi connectivity index (χ4n) is 1.66. The molecule has 2 heteroatoms. The molecule has 1 aromatic heterocycles. The van der Waals surface area contributed by atoms with E-state index in [9.17, 15) is 4.79 Å². The molecule has 0 radical (unpaired) electrons. The molecule has 0 N–H and O–H groups in total. The highest BCUT2D eigenvalue weighted by atomic mass is 16.4. The van der Waals surface area contributed by atoms with Gasteiger partial charge in [-0.1, -0.05) is 26.0 Å². The summed E-state index contributed by atoms with van der Waals surface area (Å²) in [5, 5.41) is 1.00. The Hall–Kier alpha value is -1.57. The van der Waals surface area contributed by atoms with Gasteiger partial charge in [-0.05, 0) is 30.5 Å². The molecule has 0 atom stereocenters. The van der Waals surface area contributed by atoms with Crippen LogP contribution in [0.15, 0.2) is 33.5 Å². The van der Waals surface area contributed by atoms with Gasteiger partial charge in [0.05, 0.1) is 0 Å². The van der Waals surface area contributed by atoms with Crippen LogP contribution in [-0.2, 0) is 12.8 Å². The zero-order valence-corrected chi connectivity index (χ0v) is 9.04. The molecule has 0 fully saturated rings. The molecule has 0 saturated carbocycles. The van der Waals surface area contributed by atoms with Crippen LogP contribution in [-0.4, -0.2) is 0 Å². The average Bonchev–Trinajstić information content (AvgIpc) is 2.27. The van der Waals surface area contributed by atoms with Crippen molar-refractivity contribution in [1.82, 2.24) is 0 Å². The molecule has 0 bridgehead atoms. The van der Waals surface area contributed by atoms with Gasteiger partial charge < -0.3 is 4.42 Å². The van der Waals surface area contributed by atoms with Gasteiger partial charge in [0.25, 0.3) is 0 Å². The number of rotatable bonds is 2. The number of fused-ring (bicyclic) bond motifs is 1. The Morgan fingerprint density at radius 3 is 2.60 bits per heavy atom. The summed E-state index contributed by atoms with van der Waals surface area (Å²) in [6.07, 6.45) is 1.67. The van der Waals surface area contributed by atoms with E-state index < -0.39 is 0 Å². The summed E-state index contributed by atoms with van der Waals surface area (Å²) in [5.41, 5.74) is 2.41. The topological polar surface area (TPSA) is 30.2 Å². The predicted molar refractivity (Wildman–Crippen MR) is 61.2 cm³/mol. The molecule has 0 aliphatic rings. The molecule has 0 aliphatic heterocycles. The van der Waals surface area contributed by atoms with Gasteiger partial charge in [0.2, 0.25) is 0 Å². The molecule has 15 heavy (non-hydrogen) atoms. The molecule has 0 saturated heterocycles. The summed E-state index contributed by atoms with van der Waals surface area (Å²) >= 11 is 0. The van der Waals surface area contributed by atoms with Crippen molar-refractivity contribution < 1.29 is 4.42 Å². The van der Waals surface area contributed by atoms with Gasteiger partial charge in [0.1, 0.15) is 5.58 Å². The van der Waals surface area contributed by atoms with E-state index in [4.69, 9.17) is 4.42 Å². The maximum Gasteiger partial charge on any atom is 0.339 e. The molecule has 2 nitrogen and oxygen atoms in total. The van der Waals surface area contributed by atoms with Crippen molar-refractivity contribution in [3.05, 3.63) is 45.8 Å². The number of aryl methyl sites for hydroxylation is 2. The third kappa shape index (κ3) is 1.80. The minimum absolute atomic E-state index is 0.210. The van der Waals surface area contributed by atoms with Crippen LogP contribution >= 0.6 is 0 Å². The summed E-state index contributed by atoms with van der Waals surface area (Å²) in [5.74, 6) is 0. The molecule has 78 valence electrons. The van der Waals surface area contributed by atoms with E-state index in [1.54, 1.807) is 0 Å². The lowest BCUT2D eigenvalue weighted by Crippen LogP contribution is -2.05. The predicted octanol–water partition coefficient (Wildman–Crippen LogP) is 2.92. The SMILES string of the molecule is CCc1ccc2cc(CC)c(=O)oc2c1. The number of hydrogen-bond donors (Lipinski definition) is 0. The lowest BCUT2D eigenvalue weighted by Gasteiger charge is -2.01. The van der Waals surface area contributed by atoms with Crippen LogP contribution in [0.25, 0.3) is 11.0 Å². The maximum absolute atomic E-state index is 11.5. The molecular formula is C13H14O2. The van der Waals surface area contributed by atoms with Crippen LogP contribution in [0, 0.1) is 0 Å². The Labute approximate surface area is 88.5 Å². The monoisotopic (exact) mass is 202 g/mol. The normalized spacial score (nSPS) is 10.8. The summed E-state index contributed by atoms with van der Waals surface area (Å²) in [4.78, 5) is 11.5. The standard InChI is InChI=1S/C13H14O2/c1-3-9-5-6-11-8-10(4-2)13(14)15-12(11)7-9/h5-8H,3-4H2,1-2H3. The molecule has 1 heterocycles. The highest BCUT2D eigenvalue weighted by molar-refractivity contribution is 5.77. The van der Waals surface area contributed by atoms with E-state index in [2.05, 4.69) is 13.0 Å². The summed E-state index contributed by atoms with van der Waals surface area (Å²) in [6, 6.07) is 7.94. The van der Waals surface area contributed by atoms with Crippen molar-refractivity contribution in [2.24, 2.45) is 0 Å². The minimum atomic E-state index is -0.210. The van der Waals surface area contributed by atoms with E-state index in [0.29, 0.717) is 12.0 Å². The van der Waals surface area contributed by atoms with Crippen LogP contribution < -0.4 is 5.63 Å². The first-order valence-corrected chi connectivity index (χ1v) is 5.30. The second kappa shape index (κ2) is 3.89. The van der Waals surface area contributed by atoms with Crippen LogP contribution in [0.5, 0.6) is 0 Å². The molecular weight excluding hydrogens is 188 g/mol. The van der Waals surface area contributed by atoms with Crippen LogP contribution in [0.3, 0.4) is 0 Å². The van der Waals surface area contributed by atoms with Crippen molar-refractivity contribution in [2.45, 2.75) is 26.7 Å². The Kier molecular flexibility index (Phi) is 2.58. The molecule has 1 aromatic carbocycles. The summed E-state index contributed by atoms with van der Waals surface area (Å²) in [7, 11) is 0. The summed E-state index contributed by atoms with van der Waals surface area (Å²) in [6.45, 7) is 4.04. The van der Waals surface area contributed by atoms with Gasteiger partial charge >= 0.3 is 5.63 Å². The second-order valence-corrected chi connectivity index (χ2v) is 3.64. The first-order chi connectivity index (χ1) is 7.24. The molecule has 0 unspecified atom stereocenters. The van der Waals surface area contributed by atoms with Crippen LogP contribution in [0.4, 0.5) is 0 Å². The van der Waals surface area contributed by atoms with Gasteiger partial charge in [0.15, 0.2) is 0 Å². The van der Waals surface area contributed by atoms with Crippen molar-refractivity contribution >= 4 is 11.0 Å². The third-order valence-electron chi connectivity index (χ3n) is 2.66. The molecule has 0 aliphatic carbocycles. The van der Waals surface area contributed by atoms with Crippen molar-refractivity contribution in [2.75, 3.05) is 0 Å². The van der Waals surface area contributed by atoms with E-state index in [-0.39, 0.29) is 5.63 Å². The van der Waals surface area contributed by atoms with E-state index in [1.165, 1.54) is 5.56 Å². The van der Waals surface area contributed by atoms with Gasteiger partial charge in [-0.3, -0.25) is 0 Å². The maximum atomic E-state index is 11.5. The van der Waals surface area contributed by atoms with Gasteiger partial charge in [-0.2, -0.15) is 0 Å². The van der Waals surface area contributed by atoms with Gasteiger partial charge in [-0.15, -0.1) is 0 Å². The highest BCUT2D eigenvalue weighted by Gasteiger charge is 2.03. The van der Waals surface area contributed by atoms with Crippen molar-refractivity contribution in [3.63, 3.8) is 0 Å². The zero-order chi connectivity index (χ0) is 10.8. The lowest BCUT2D eigenvalue weighted by molar-refractivity contribution is 0.551. The van der Waals surface area contributed by atoms with Crippen molar-refractivity contribution in [3.8, 4) is 0 Å². The van der Waals surface area contributed by atoms with Gasteiger partial charge in [-0.25, -0.2) is 4.79 Å². The molecule has 2 rings (SSSR count). The summed E-state index contributed by atoms with van der Waals surface area (Å²) < 4.78 is 5.27. The number of hydrogen-bond acceptors (Lipinski definition) is 2. The van der Waals surface area contributed by atoms with Crippen molar-refractivity contribution in [1.29, 1.82) is 0 Å². The zero-order valence-electron chi connectivity index (χ0n) is 9.04. The second-order valence-electron chi connectivity index (χ2n) is 3.64. The third-order valence-corrected chi connectivity index (χ3v) is 2.66. The highest BCUT2D eigenvalue weighted by Crippen LogP contribution is 2.16. The quantitative estimate of drug-likeness (QED) is 0.701. The fraction of sp³-hybridized carbons (Fsp3) is 0.308. The minimum Gasteiger partial charge on any atom is -0.423 e. The first-order valence-electron chi connectivity index (χ1n) is 5.30. The fourth-order valence-corrected chi connectivity index (χ4v) is 1.66. The van der Waals surface area contributed by atoms with Crippen LogP contribution in [0.1, 0.15) is 25.0 Å². The van der Waals surface area contributed by atoms with E-state index in [1.807, 2.05) is 25.1 Å². The molecule has 0 spiro atoms. The largest absolute Gasteiger partial charge is 0.423 e. The molecule has 2 aromatic rings. The smallest absolute Gasteiger partial charge is 0.339 e.